The highest BCUT2D eigenvalue weighted by atomic mass is 32.2. The molecule has 2 heterocycles. The molecule has 2 aromatic carbocycles. The van der Waals surface area contributed by atoms with Crippen LogP contribution in [0.2, 0.25) is 0 Å². The van der Waals surface area contributed by atoms with Gasteiger partial charge in [0.1, 0.15) is 0 Å². The Hall–Kier alpha value is -1.73. The van der Waals surface area contributed by atoms with Crippen molar-refractivity contribution in [1.29, 1.82) is 0 Å². The first-order valence-electron chi connectivity index (χ1n) is 9.55. The second-order valence-electron chi connectivity index (χ2n) is 7.32. The van der Waals surface area contributed by atoms with Gasteiger partial charge >= 0.3 is 0 Å². The van der Waals surface area contributed by atoms with Crippen LogP contribution in [0.1, 0.15) is 12.0 Å². The highest BCUT2D eigenvalue weighted by Crippen LogP contribution is 2.29. The van der Waals surface area contributed by atoms with Gasteiger partial charge in [-0.05, 0) is 24.1 Å². The fourth-order valence-corrected chi connectivity index (χ4v) is 5.61. The molecule has 2 fully saturated rings. The third-order valence-electron chi connectivity index (χ3n) is 5.62. The summed E-state index contributed by atoms with van der Waals surface area (Å²) in [6, 6.07) is 19.3. The Kier molecular flexibility index (Phi) is 5.59. The van der Waals surface area contributed by atoms with Gasteiger partial charge in [-0.3, -0.25) is 4.90 Å². The van der Waals surface area contributed by atoms with Crippen molar-refractivity contribution in [3.05, 3.63) is 66.2 Å². The molecule has 27 heavy (non-hydrogen) atoms. The van der Waals surface area contributed by atoms with Crippen LogP contribution in [-0.2, 0) is 21.3 Å². The van der Waals surface area contributed by atoms with Gasteiger partial charge in [-0.25, -0.2) is 8.42 Å². The standard InChI is InChI=1S/C21H26N2O3S/c24-27(25,20-9-5-2-6-10-20)23-12-11-19-17-26-14-13-22(21(19)16-23)15-18-7-3-1-4-8-18/h1-10,19,21H,11-17H2/t19-,21-/m1/s1. The molecule has 0 aromatic heterocycles. The van der Waals surface area contributed by atoms with E-state index in [4.69, 9.17) is 4.74 Å². The number of hydrogen-bond acceptors (Lipinski definition) is 4. The molecule has 0 aliphatic carbocycles. The van der Waals surface area contributed by atoms with Crippen LogP contribution in [0.5, 0.6) is 0 Å². The Morgan fingerprint density at radius 1 is 0.963 bits per heavy atom. The van der Waals surface area contributed by atoms with Gasteiger partial charge in [0.05, 0.1) is 18.1 Å². The molecule has 0 N–H and O–H groups in total. The van der Waals surface area contributed by atoms with Gasteiger partial charge in [0.15, 0.2) is 0 Å². The van der Waals surface area contributed by atoms with Gasteiger partial charge in [0.2, 0.25) is 10.0 Å². The molecule has 0 amide bonds. The summed E-state index contributed by atoms with van der Waals surface area (Å²) < 4.78 is 33.7. The molecular weight excluding hydrogens is 360 g/mol. The largest absolute Gasteiger partial charge is 0.380 e. The zero-order valence-corrected chi connectivity index (χ0v) is 16.2. The average Bonchev–Trinajstić information content (AvgIpc) is 2.91. The molecule has 2 aromatic rings. The Morgan fingerprint density at radius 2 is 1.67 bits per heavy atom. The third-order valence-corrected chi connectivity index (χ3v) is 7.50. The first-order chi connectivity index (χ1) is 13.1. The van der Waals surface area contributed by atoms with Crippen molar-refractivity contribution in [3.8, 4) is 0 Å². The Balaban J connectivity index is 1.56. The molecule has 5 nitrogen and oxygen atoms in total. The zero-order chi connectivity index (χ0) is 18.7. The predicted molar refractivity (Wildman–Crippen MR) is 105 cm³/mol. The maximum atomic E-state index is 13.1. The minimum atomic E-state index is -3.45. The molecule has 2 aliphatic heterocycles. The van der Waals surface area contributed by atoms with Gasteiger partial charge in [-0.1, -0.05) is 48.5 Å². The van der Waals surface area contributed by atoms with Crippen LogP contribution < -0.4 is 0 Å². The molecule has 4 rings (SSSR count). The number of rotatable bonds is 4. The number of ether oxygens (including phenoxy) is 1. The van der Waals surface area contributed by atoms with Crippen LogP contribution in [0.4, 0.5) is 0 Å². The van der Waals surface area contributed by atoms with Crippen LogP contribution in [0.3, 0.4) is 0 Å². The molecule has 0 saturated carbocycles. The van der Waals surface area contributed by atoms with Gasteiger partial charge < -0.3 is 4.74 Å². The summed E-state index contributed by atoms with van der Waals surface area (Å²) in [5.74, 6) is 0.374. The first kappa shape index (κ1) is 18.6. The monoisotopic (exact) mass is 386 g/mol. The summed E-state index contributed by atoms with van der Waals surface area (Å²) in [5.41, 5.74) is 1.25. The second kappa shape index (κ2) is 8.10. The highest BCUT2D eigenvalue weighted by molar-refractivity contribution is 7.89. The van der Waals surface area contributed by atoms with Crippen LogP contribution in [-0.4, -0.2) is 56.5 Å². The van der Waals surface area contributed by atoms with Crippen molar-refractivity contribution < 1.29 is 13.2 Å². The number of nitrogens with zero attached hydrogens (tertiary/aromatic N) is 2. The maximum Gasteiger partial charge on any atom is 0.243 e. The molecule has 144 valence electrons. The second-order valence-corrected chi connectivity index (χ2v) is 9.26. The Bertz CT molecular complexity index is 842. The van der Waals surface area contributed by atoms with Gasteiger partial charge in [0, 0.05) is 38.1 Å². The first-order valence-corrected chi connectivity index (χ1v) is 11.0. The lowest BCUT2D eigenvalue weighted by atomic mass is 9.92. The topological polar surface area (TPSA) is 49.9 Å². The lowest BCUT2D eigenvalue weighted by molar-refractivity contribution is 0.0766. The number of sulfonamides is 1. The van der Waals surface area contributed by atoms with Crippen molar-refractivity contribution in [2.45, 2.75) is 23.9 Å². The van der Waals surface area contributed by atoms with Crippen molar-refractivity contribution in [1.82, 2.24) is 9.21 Å². The van der Waals surface area contributed by atoms with Crippen molar-refractivity contribution in [2.24, 2.45) is 5.92 Å². The van der Waals surface area contributed by atoms with E-state index in [9.17, 15) is 8.42 Å². The lowest BCUT2D eigenvalue weighted by Gasteiger charge is -2.41. The van der Waals surface area contributed by atoms with Gasteiger partial charge in [-0.15, -0.1) is 0 Å². The van der Waals surface area contributed by atoms with E-state index in [0.717, 1.165) is 26.1 Å². The SMILES string of the molecule is O=S(=O)(c1ccccc1)N1CC[C@@H]2COCCN(Cc3ccccc3)[C@@H]2C1. The smallest absolute Gasteiger partial charge is 0.243 e. The quantitative estimate of drug-likeness (QED) is 0.811. The molecule has 2 saturated heterocycles. The number of piperidine rings is 1. The summed E-state index contributed by atoms with van der Waals surface area (Å²) in [6.45, 7) is 4.15. The molecule has 0 unspecified atom stereocenters. The fourth-order valence-electron chi connectivity index (χ4n) is 4.12. The van der Waals surface area contributed by atoms with Crippen LogP contribution >= 0.6 is 0 Å². The van der Waals surface area contributed by atoms with Gasteiger partial charge in [0.25, 0.3) is 0 Å². The van der Waals surface area contributed by atoms with E-state index in [1.807, 2.05) is 24.3 Å². The average molecular weight is 387 g/mol. The van der Waals surface area contributed by atoms with Crippen molar-refractivity contribution in [2.75, 3.05) is 32.8 Å². The summed E-state index contributed by atoms with van der Waals surface area (Å²) in [6.07, 6.45) is 0.835. The van der Waals surface area contributed by atoms with E-state index < -0.39 is 10.0 Å². The van der Waals surface area contributed by atoms with E-state index in [0.29, 0.717) is 30.5 Å². The lowest BCUT2D eigenvalue weighted by Crippen LogP contribution is -2.54. The minimum absolute atomic E-state index is 0.181. The number of benzene rings is 2. The summed E-state index contributed by atoms with van der Waals surface area (Å²) in [5, 5.41) is 0. The normalized spacial score (nSPS) is 24.9. The van der Waals surface area contributed by atoms with E-state index in [-0.39, 0.29) is 6.04 Å². The van der Waals surface area contributed by atoms with E-state index >= 15 is 0 Å². The van der Waals surface area contributed by atoms with Crippen LogP contribution in [0, 0.1) is 5.92 Å². The molecular formula is C21H26N2O3S. The molecule has 0 radical (unpaired) electrons. The fraction of sp³-hybridized carbons (Fsp3) is 0.429. The molecule has 0 bridgehead atoms. The van der Waals surface area contributed by atoms with E-state index in [1.165, 1.54) is 5.56 Å². The molecule has 6 heteroatoms. The molecule has 2 aliphatic rings. The number of fused-ring (bicyclic) bond motifs is 1. The van der Waals surface area contributed by atoms with Crippen LogP contribution in [0.25, 0.3) is 0 Å². The minimum Gasteiger partial charge on any atom is -0.380 e. The van der Waals surface area contributed by atoms with E-state index in [1.54, 1.807) is 28.6 Å². The molecule has 2 atom stereocenters. The van der Waals surface area contributed by atoms with Crippen LogP contribution in [0.15, 0.2) is 65.6 Å². The number of hydrogen-bond donors (Lipinski definition) is 0. The predicted octanol–water partition coefficient (Wildman–Crippen LogP) is 2.60. The third kappa shape index (κ3) is 4.09. The maximum absolute atomic E-state index is 13.1. The van der Waals surface area contributed by atoms with Gasteiger partial charge in [-0.2, -0.15) is 4.31 Å². The Morgan fingerprint density at radius 3 is 2.41 bits per heavy atom. The highest BCUT2D eigenvalue weighted by Gasteiger charge is 2.39. The Labute approximate surface area is 161 Å². The molecule has 0 spiro atoms. The van der Waals surface area contributed by atoms with Crippen molar-refractivity contribution >= 4 is 10.0 Å². The van der Waals surface area contributed by atoms with E-state index in [2.05, 4.69) is 17.0 Å². The van der Waals surface area contributed by atoms with Crippen molar-refractivity contribution in [3.63, 3.8) is 0 Å². The summed E-state index contributed by atoms with van der Waals surface area (Å²) in [4.78, 5) is 2.78. The summed E-state index contributed by atoms with van der Waals surface area (Å²) in [7, 11) is -3.45. The summed E-state index contributed by atoms with van der Waals surface area (Å²) >= 11 is 0. The zero-order valence-electron chi connectivity index (χ0n) is 15.4.